The predicted molar refractivity (Wildman–Crippen MR) is 87.4 cm³/mol. The fourth-order valence-electron chi connectivity index (χ4n) is 2.53. The van der Waals surface area contributed by atoms with E-state index in [-0.39, 0.29) is 6.42 Å². The van der Waals surface area contributed by atoms with Crippen LogP contribution < -0.4 is 5.32 Å². The monoisotopic (exact) mass is 324 g/mol. The Morgan fingerprint density at radius 1 is 1.21 bits per heavy atom. The van der Waals surface area contributed by atoms with Crippen molar-refractivity contribution in [3.63, 3.8) is 0 Å². The molecule has 3 rings (SSSR count). The van der Waals surface area contributed by atoms with Gasteiger partial charge in [0.05, 0.1) is 6.42 Å². The van der Waals surface area contributed by atoms with Gasteiger partial charge in [-0.25, -0.2) is 4.79 Å². The molecule has 3 aromatic rings. The van der Waals surface area contributed by atoms with Gasteiger partial charge in [-0.1, -0.05) is 47.1 Å². The Bertz CT molecular complexity index is 886. The maximum Gasteiger partial charge on any atom is 0.330 e. The SMILES string of the molecule is Cc1ccc2onc(CC(=O)NC(C(=O)O)c3ccccc3)c2c1. The second-order valence-electron chi connectivity index (χ2n) is 5.56. The van der Waals surface area contributed by atoms with E-state index >= 15 is 0 Å². The van der Waals surface area contributed by atoms with Gasteiger partial charge in [-0.2, -0.15) is 0 Å². The van der Waals surface area contributed by atoms with E-state index in [4.69, 9.17) is 4.52 Å². The molecule has 0 radical (unpaired) electrons. The molecule has 0 aliphatic carbocycles. The van der Waals surface area contributed by atoms with Crippen LogP contribution in [-0.4, -0.2) is 22.1 Å². The normalized spacial score (nSPS) is 12.0. The van der Waals surface area contributed by atoms with Crippen LogP contribution in [0.4, 0.5) is 0 Å². The molecule has 2 N–H and O–H groups in total. The quantitative estimate of drug-likeness (QED) is 0.752. The van der Waals surface area contributed by atoms with Gasteiger partial charge in [-0.15, -0.1) is 0 Å². The van der Waals surface area contributed by atoms with Gasteiger partial charge in [0.2, 0.25) is 5.91 Å². The third-order valence-corrected chi connectivity index (χ3v) is 3.71. The molecule has 0 bridgehead atoms. The fraction of sp³-hybridized carbons (Fsp3) is 0.167. The Labute approximate surface area is 138 Å². The van der Waals surface area contributed by atoms with E-state index in [0.717, 1.165) is 10.9 Å². The molecule has 1 aromatic heterocycles. The molecular weight excluding hydrogens is 308 g/mol. The number of hydrogen-bond donors (Lipinski definition) is 2. The third-order valence-electron chi connectivity index (χ3n) is 3.71. The van der Waals surface area contributed by atoms with E-state index in [2.05, 4.69) is 10.5 Å². The number of benzene rings is 2. The summed E-state index contributed by atoms with van der Waals surface area (Å²) < 4.78 is 5.20. The molecule has 2 aromatic carbocycles. The molecule has 1 heterocycles. The highest BCUT2D eigenvalue weighted by molar-refractivity contribution is 5.89. The molecule has 1 unspecified atom stereocenters. The number of hydrogen-bond acceptors (Lipinski definition) is 4. The molecule has 0 saturated heterocycles. The number of nitrogens with zero attached hydrogens (tertiary/aromatic N) is 1. The maximum absolute atomic E-state index is 12.3. The summed E-state index contributed by atoms with van der Waals surface area (Å²) in [5, 5.41) is 16.6. The summed E-state index contributed by atoms with van der Waals surface area (Å²) in [6.07, 6.45) is -0.0485. The van der Waals surface area contributed by atoms with Crippen molar-refractivity contribution in [1.82, 2.24) is 10.5 Å². The third kappa shape index (κ3) is 3.27. The standard InChI is InChI=1S/C18H16N2O4/c1-11-7-8-15-13(9-11)14(20-24-15)10-16(21)19-17(18(22)23)12-5-3-2-4-6-12/h2-9,17H,10H2,1H3,(H,19,21)(H,22,23). The molecule has 0 spiro atoms. The Kier molecular flexibility index (Phi) is 4.29. The number of nitrogens with one attached hydrogen (secondary N) is 1. The lowest BCUT2D eigenvalue weighted by Gasteiger charge is -2.14. The van der Waals surface area contributed by atoms with Crippen molar-refractivity contribution in [2.24, 2.45) is 0 Å². The summed E-state index contributed by atoms with van der Waals surface area (Å²) in [5.74, 6) is -1.54. The molecule has 24 heavy (non-hydrogen) atoms. The lowest BCUT2D eigenvalue weighted by atomic mass is 10.1. The van der Waals surface area contributed by atoms with Gasteiger partial charge in [0.1, 0.15) is 5.69 Å². The second-order valence-corrected chi connectivity index (χ2v) is 5.56. The summed E-state index contributed by atoms with van der Waals surface area (Å²) in [5.41, 5.74) is 2.63. The molecule has 6 nitrogen and oxygen atoms in total. The molecule has 0 fully saturated rings. The molecule has 0 aliphatic rings. The van der Waals surface area contributed by atoms with Crippen molar-refractivity contribution in [3.05, 3.63) is 65.4 Å². The number of rotatable bonds is 5. The first-order valence-electron chi connectivity index (χ1n) is 7.46. The summed E-state index contributed by atoms with van der Waals surface area (Å²) in [7, 11) is 0. The molecule has 122 valence electrons. The van der Waals surface area contributed by atoms with E-state index < -0.39 is 17.9 Å². The van der Waals surface area contributed by atoms with Crippen molar-refractivity contribution in [2.45, 2.75) is 19.4 Å². The van der Waals surface area contributed by atoms with Gasteiger partial charge in [0, 0.05) is 5.39 Å². The molecule has 0 saturated carbocycles. The first-order chi connectivity index (χ1) is 11.5. The van der Waals surface area contributed by atoms with Crippen LogP contribution in [-0.2, 0) is 16.0 Å². The first kappa shape index (κ1) is 15.7. The van der Waals surface area contributed by atoms with Gasteiger partial charge in [0.15, 0.2) is 11.6 Å². The van der Waals surface area contributed by atoms with Crippen LogP contribution in [0.25, 0.3) is 11.0 Å². The molecule has 1 amide bonds. The first-order valence-corrected chi connectivity index (χ1v) is 7.46. The predicted octanol–water partition coefficient (Wildman–Crippen LogP) is 2.62. The molecular formula is C18H16N2O4. The number of aliphatic carboxylic acids is 1. The van der Waals surface area contributed by atoms with Crippen LogP contribution in [0.15, 0.2) is 53.1 Å². The van der Waals surface area contributed by atoms with Crippen molar-refractivity contribution in [3.8, 4) is 0 Å². The van der Waals surface area contributed by atoms with Gasteiger partial charge >= 0.3 is 5.97 Å². The van der Waals surface area contributed by atoms with Gasteiger partial charge in [0.25, 0.3) is 0 Å². The largest absolute Gasteiger partial charge is 0.479 e. The summed E-state index contributed by atoms with van der Waals surface area (Å²) in [4.78, 5) is 23.7. The molecule has 1 atom stereocenters. The van der Waals surface area contributed by atoms with Crippen molar-refractivity contribution >= 4 is 22.8 Å². The molecule has 0 aliphatic heterocycles. The van der Waals surface area contributed by atoms with E-state index in [1.54, 1.807) is 36.4 Å². The maximum atomic E-state index is 12.3. The lowest BCUT2D eigenvalue weighted by Crippen LogP contribution is -2.34. The van der Waals surface area contributed by atoms with E-state index in [9.17, 15) is 14.7 Å². The number of aryl methyl sites for hydroxylation is 1. The number of carboxylic acids is 1. The average Bonchev–Trinajstić information content (AvgIpc) is 2.95. The Morgan fingerprint density at radius 2 is 1.96 bits per heavy atom. The Hall–Kier alpha value is -3.15. The van der Waals surface area contributed by atoms with Crippen LogP contribution >= 0.6 is 0 Å². The smallest absolute Gasteiger partial charge is 0.330 e. The number of carboxylic acid groups (broad SMARTS) is 1. The zero-order valence-corrected chi connectivity index (χ0v) is 13.0. The van der Waals surface area contributed by atoms with Crippen molar-refractivity contribution < 1.29 is 19.2 Å². The van der Waals surface area contributed by atoms with Crippen LogP contribution in [0.1, 0.15) is 22.9 Å². The van der Waals surface area contributed by atoms with E-state index in [0.29, 0.717) is 16.8 Å². The topological polar surface area (TPSA) is 92.4 Å². The number of carbonyl (C=O) groups excluding carboxylic acids is 1. The highest BCUT2D eigenvalue weighted by Crippen LogP contribution is 2.20. The summed E-state index contributed by atoms with van der Waals surface area (Å²) >= 11 is 0. The minimum absolute atomic E-state index is 0.0485. The second kappa shape index (κ2) is 6.54. The van der Waals surface area contributed by atoms with Crippen LogP contribution in [0.3, 0.4) is 0 Å². The zero-order valence-electron chi connectivity index (χ0n) is 13.0. The van der Waals surface area contributed by atoms with Crippen molar-refractivity contribution in [2.75, 3.05) is 0 Å². The summed E-state index contributed by atoms with van der Waals surface area (Å²) in [6.45, 7) is 1.94. The van der Waals surface area contributed by atoms with E-state index in [1.165, 1.54) is 0 Å². The van der Waals surface area contributed by atoms with Gasteiger partial charge in [-0.3, -0.25) is 4.79 Å². The molecule has 6 heteroatoms. The van der Waals surface area contributed by atoms with E-state index in [1.807, 2.05) is 19.1 Å². The Balaban J connectivity index is 1.78. The van der Waals surface area contributed by atoms with Crippen LogP contribution in [0.5, 0.6) is 0 Å². The zero-order chi connectivity index (χ0) is 17.1. The Morgan fingerprint density at radius 3 is 2.67 bits per heavy atom. The highest BCUT2D eigenvalue weighted by atomic mass is 16.5. The number of fused-ring (bicyclic) bond motifs is 1. The minimum atomic E-state index is -1.12. The number of amides is 1. The van der Waals surface area contributed by atoms with Crippen molar-refractivity contribution in [1.29, 1.82) is 0 Å². The lowest BCUT2D eigenvalue weighted by molar-refractivity contribution is -0.142. The van der Waals surface area contributed by atoms with Gasteiger partial charge < -0.3 is 14.9 Å². The fourth-order valence-corrected chi connectivity index (χ4v) is 2.53. The van der Waals surface area contributed by atoms with Crippen LogP contribution in [0, 0.1) is 6.92 Å². The van der Waals surface area contributed by atoms with Crippen LogP contribution in [0.2, 0.25) is 0 Å². The summed E-state index contributed by atoms with van der Waals surface area (Å²) in [6, 6.07) is 13.0. The average molecular weight is 324 g/mol. The highest BCUT2D eigenvalue weighted by Gasteiger charge is 2.23. The number of aromatic nitrogens is 1. The van der Waals surface area contributed by atoms with Gasteiger partial charge in [-0.05, 0) is 24.6 Å². The number of carbonyl (C=O) groups is 2. The minimum Gasteiger partial charge on any atom is -0.479 e.